The molecule has 0 saturated heterocycles. The molecule has 2 unspecified atom stereocenters. The molecular formula is C12H14O5. The fourth-order valence-electron chi connectivity index (χ4n) is 1.03. The molecule has 92 valence electrons. The Morgan fingerprint density at radius 3 is 2.59 bits per heavy atom. The van der Waals surface area contributed by atoms with Gasteiger partial charge in [0.1, 0.15) is 18.5 Å². The Hall–Kier alpha value is -1.85. The molecule has 5 nitrogen and oxygen atoms in total. The van der Waals surface area contributed by atoms with Crippen molar-refractivity contribution in [3.63, 3.8) is 0 Å². The Bertz CT molecular complexity index is 362. The molecule has 0 heterocycles. The minimum absolute atomic E-state index is 0.362. The SMILES string of the molecule is C=CC(=O)OCC(O)C(O)Oc1ccccc1. The van der Waals surface area contributed by atoms with E-state index in [0.29, 0.717) is 5.75 Å². The van der Waals surface area contributed by atoms with E-state index in [4.69, 9.17) is 4.74 Å². The number of esters is 1. The van der Waals surface area contributed by atoms with E-state index < -0.39 is 18.4 Å². The lowest BCUT2D eigenvalue weighted by Gasteiger charge is -2.18. The van der Waals surface area contributed by atoms with Gasteiger partial charge in [-0.05, 0) is 12.1 Å². The molecule has 1 aromatic carbocycles. The van der Waals surface area contributed by atoms with E-state index in [2.05, 4.69) is 11.3 Å². The molecule has 0 aliphatic carbocycles. The number of benzene rings is 1. The van der Waals surface area contributed by atoms with Gasteiger partial charge in [0.25, 0.3) is 0 Å². The first kappa shape index (κ1) is 13.2. The van der Waals surface area contributed by atoms with Gasteiger partial charge in [-0.15, -0.1) is 0 Å². The number of aliphatic hydroxyl groups is 2. The number of ether oxygens (including phenoxy) is 2. The van der Waals surface area contributed by atoms with Gasteiger partial charge in [-0.3, -0.25) is 0 Å². The third-order valence-corrected chi connectivity index (χ3v) is 1.89. The van der Waals surface area contributed by atoms with Crippen LogP contribution in [0, 0.1) is 0 Å². The molecule has 5 heteroatoms. The van der Waals surface area contributed by atoms with Crippen LogP contribution in [0.15, 0.2) is 43.0 Å². The second-order valence-corrected chi connectivity index (χ2v) is 3.22. The molecule has 0 spiro atoms. The van der Waals surface area contributed by atoms with Crippen LogP contribution in [0.2, 0.25) is 0 Å². The van der Waals surface area contributed by atoms with E-state index in [1.807, 2.05) is 0 Å². The van der Waals surface area contributed by atoms with Gasteiger partial charge in [0, 0.05) is 6.08 Å². The van der Waals surface area contributed by atoms with Crippen molar-refractivity contribution in [1.29, 1.82) is 0 Å². The standard InChI is InChI=1S/C12H14O5/c1-2-11(14)16-8-10(13)12(15)17-9-6-4-3-5-7-9/h2-7,10,12-13,15H,1,8H2. The van der Waals surface area contributed by atoms with Crippen molar-refractivity contribution < 1.29 is 24.5 Å². The van der Waals surface area contributed by atoms with Crippen LogP contribution in [0.1, 0.15) is 0 Å². The van der Waals surface area contributed by atoms with Crippen LogP contribution in [0.3, 0.4) is 0 Å². The van der Waals surface area contributed by atoms with Crippen molar-refractivity contribution in [2.75, 3.05) is 6.61 Å². The predicted octanol–water partition coefficient (Wildman–Crippen LogP) is 0.474. The van der Waals surface area contributed by atoms with Crippen LogP contribution >= 0.6 is 0 Å². The molecule has 17 heavy (non-hydrogen) atoms. The summed E-state index contributed by atoms with van der Waals surface area (Å²) in [6.07, 6.45) is -1.81. The zero-order chi connectivity index (χ0) is 12.7. The predicted molar refractivity (Wildman–Crippen MR) is 60.2 cm³/mol. The molecule has 0 amide bonds. The first-order valence-corrected chi connectivity index (χ1v) is 5.00. The van der Waals surface area contributed by atoms with E-state index in [-0.39, 0.29) is 6.61 Å². The fraction of sp³-hybridized carbons (Fsp3) is 0.250. The number of rotatable bonds is 6. The number of hydrogen-bond donors (Lipinski definition) is 2. The molecular weight excluding hydrogens is 224 g/mol. The summed E-state index contributed by atoms with van der Waals surface area (Å²) in [6, 6.07) is 8.51. The first-order chi connectivity index (χ1) is 8.13. The number of para-hydroxylation sites is 1. The summed E-state index contributed by atoms with van der Waals surface area (Å²) in [6.45, 7) is 2.84. The summed E-state index contributed by atoms with van der Waals surface area (Å²) in [7, 11) is 0. The van der Waals surface area contributed by atoms with Crippen molar-refractivity contribution in [1.82, 2.24) is 0 Å². The summed E-state index contributed by atoms with van der Waals surface area (Å²) in [5.74, 6) is -0.259. The molecule has 0 saturated carbocycles. The summed E-state index contributed by atoms with van der Waals surface area (Å²) in [5, 5.41) is 18.9. The Balaban J connectivity index is 2.39. The van der Waals surface area contributed by atoms with E-state index in [1.165, 1.54) is 0 Å². The van der Waals surface area contributed by atoms with Crippen LogP contribution in [0.5, 0.6) is 5.75 Å². The average molecular weight is 238 g/mol. The van der Waals surface area contributed by atoms with E-state index in [0.717, 1.165) is 6.08 Å². The van der Waals surface area contributed by atoms with Crippen LogP contribution in [-0.2, 0) is 9.53 Å². The highest BCUT2D eigenvalue weighted by atomic mass is 16.6. The third-order valence-electron chi connectivity index (χ3n) is 1.89. The smallest absolute Gasteiger partial charge is 0.330 e. The second-order valence-electron chi connectivity index (χ2n) is 3.22. The number of carbonyl (C=O) groups is 1. The number of hydrogen-bond acceptors (Lipinski definition) is 5. The van der Waals surface area contributed by atoms with Gasteiger partial charge in [0.2, 0.25) is 6.29 Å². The highest BCUT2D eigenvalue weighted by Crippen LogP contribution is 2.11. The van der Waals surface area contributed by atoms with Crippen LogP contribution in [0.25, 0.3) is 0 Å². The van der Waals surface area contributed by atoms with Gasteiger partial charge in [0.05, 0.1) is 0 Å². The first-order valence-electron chi connectivity index (χ1n) is 5.00. The van der Waals surface area contributed by atoms with Gasteiger partial charge in [-0.2, -0.15) is 0 Å². The van der Waals surface area contributed by atoms with Crippen molar-refractivity contribution >= 4 is 5.97 Å². The van der Waals surface area contributed by atoms with Gasteiger partial charge >= 0.3 is 5.97 Å². The molecule has 0 bridgehead atoms. The molecule has 2 N–H and O–H groups in total. The van der Waals surface area contributed by atoms with Crippen LogP contribution in [-0.4, -0.2) is 35.2 Å². The maximum atomic E-state index is 10.7. The number of carbonyl (C=O) groups excluding carboxylic acids is 1. The Labute approximate surface area is 98.9 Å². The second kappa shape index (κ2) is 6.67. The highest BCUT2D eigenvalue weighted by molar-refractivity contribution is 5.81. The topological polar surface area (TPSA) is 76.0 Å². The summed E-state index contributed by atoms with van der Waals surface area (Å²) in [5.41, 5.74) is 0. The Morgan fingerprint density at radius 1 is 1.35 bits per heavy atom. The van der Waals surface area contributed by atoms with Crippen molar-refractivity contribution in [2.45, 2.75) is 12.4 Å². The zero-order valence-electron chi connectivity index (χ0n) is 9.15. The monoisotopic (exact) mass is 238 g/mol. The third kappa shape index (κ3) is 4.67. The molecule has 0 fully saturated rings. The Kier molecular flexibility index (Phi) is 5.19. The minimum Gasteiger partial charge on any atom is -0.462 e. The molecule has 0 aliphatic heterocycles. The molecule has 0 aromatic heterocycles. The van der Waals surface area contributed by atoms with Gasteiger partial charge in [0.15, 0.2) is 0 Å². The van der Waals surface area contributed by atoms with E-state index in [9.17, 15) is 15.0 Å². The van der Waals surface area contributed by atoms with Crippen LogP contribution < -0.4 is 4.74 Å². The fourth-order valence-corrected chi connectivity index (χ4v) is 1.03. The van der Waals surface area contributed by atoms with Gasteiger partial charge in [-0.25, -0.2) is 4.79 Å². The normalized spacial score (nSPS) is 13.5. The lowest BCUT2D eigenvalue weighted by atomic mass is 10.3. The maximum Gasteiger partial charge on any atom is 0.330 e. The van der Waals surface area contributed by atoms with Crippen molar-refractivity contribution in [3.05, 3.63) is 43.0 Å². The molecule has 1 aromatic rings. The molecule has 0 aliphatic rings. The summed E-state index contributed by atoms with van der Waals surface area (Å²) >= 11 is 0. The molecule has 0 radical (unpaired) electrons. The molecule has 1 rings (SSSR count). The summed E-state index contributed by atoms with van der Waals surface area (Å²) in [4.78, 5) is 10.7. The highest BCUT2D eigenvalue weighted by Gasteiger charge is 2.19. The van der Waals surface area contributed by atoms with Crippen LogP contribution in [0.4, 0.5) is 0 Å². The average Bonchev–Trinajstić information content (AvgIpc) is 2.36. The van der Waals surface area contributed by atoms with Crippen molar-refractivity contribution in [2.24, 2.45) is 0 Å². The summed E-state index contributed by atoms with van der Waals surface area (Å²) < 4.78 is 9.60. The minimum atomic E-state index is -1.46. The quantitative estimate of drug-likeness (QED) is 0.428. The van der Waals surface area contributed by atoms with Gasteiger partial charge in [-0.1, -0.05) is 24.8 Å². The lowest BCUT2D eigenvalue weighted by Crippen LogP contribution is -2.35. The zero-order valence-corrected chi connectivity index (χ0v) is 9.15. The maximum absolute atomic E-state index is 10.7. The largest absolute Gasteiger partial charge is 0.462 e. The van der Waals surface area contributed by atoms with E-state index in [1.54, 1.807) is 30.3 Å². The Morgan fingerprint density at radius 2 is 2.00 bits per heavy atom. The van der Waals surface area contributed by atoms with Crippen molar-refractivity contribution in [3.8, 4) is 5.75 Å². The molecule has 2 atom stereocenters. The lowest BCUT2D eigenvalue weighted by molar-refractivity contribution is -0.153. The number of aliphatic hydroxyl groups excluding tert-OH is 2. The van der Waals surface area contributed by atoms with E-state index >= 15 is 0 Å². The van der Waals surface area contributed by atoms with Gasteiger partial charge < -0.3 is 19.7 Å².